The Morgan fingerprint density at radius 3 is 2.85 bits per heavy atom. The fourth-order valence-electron chi connectivity index (χ4n) is 2.90. The highest BCUT2D eigenvalue weighted by molar-refractivity contribution is 14.0. The van der Waals surface area contributed by atoms with E-state index in [0.717, 1.165) is 25.1 Å². The summed E-state index contributed by atoms with van der Waals surface area (Å²) in [6.45, 7) is 4.64. The molecule has 3 rings (SSSR count). The van der Waals surface area contributed by atoms with Crippen molar-refractivity contribution in [2.45, 2.75) is 26.3 Å². The molecule has 2 N–H and O–H groups in total. The first-order valence-corrected chi connectivity index (χ1v) is 8.53. The van der Waals surface area contributed by atoms with Gasteiger partial charge in [-0.2, -0.15) is 0 Å². The van der Waals surface area contributed by atoms with Gasteiger partial charge in [0.05, 0.1) is 6.54 Å². The molecule has 140 valence electrons. The molecule has 1 aromatic carbocycles. The van der Waals surface area contributed by atoms with Crippen LogP contribution in [0.2, 0.25) is 0 Å². The van der Waals surface area contributed by atoms with E-state index in [4.69, 9.17) is 10.5 Å². The van der Waals surface area contributed by atoms with Crippen molar-refractivity contribution in [3.63, 3.8) is 0 Å². The molecular formula is C19H24FIN4O. The summed E-state index contributed by atoms with van der Waals surface area (Å²) < 4.78 is 18.6. The van der Waals surface area contributed by atoms with Gasteiger partial charge < -0.3 is 15.4 Å². The minimum atomic E-state index is -0.300. The van der Waals surface area contributed by atoms with Gasteiger partial charge in [0.2, 0.25) is 5.88 Å². The molecule has 1 atom stereocenters. The fraction of sp³-hybridized carbons (Fsp3) is 0.368. The van der Waals surface area contributed by atoms with Gasteiger partial charge >= 0.3 is 0 Å². The number of hydrogen-bond donors (Lipinski definition) is 1. The third-order valence-corrected chi connectivity index (χ3v) is 4.24. The lowest BCUT2D eigenvalue weighted by molar-refractivity contribution is 0.270. The zero-order valence-electron chi connectivity index (χ0n) is 14.8. The average Bonchev–Trinajstić information content (AvgIpc) is 2.62. The monoisotopic (exact) mass is 470 g/mol. The van der Waals surface area contributed by atoms with E-state index in [1.165, 1.54) is 18.6 Å². The smallest absolute Gasteiger partial charge is 0.219 e. The van der Waals surface area contributed by atoms with Gasteiger partial charge in [-0.3, -0.25) is 0 Å². The fourth-order valence-corrected chi connectivity index (χ4v) is 2.90. The Hall–Kier alpha value is -1.90. The van der Waals surface area contributed by atoms with E-state index in [9.17, 15) is 4.39 Å². The molecule has 1 fully saturated rings. The Morgan fingerprint density at radius 1 is 1.35 bits per heavy atom. The Morgan fingerprint density at radius 2 is 2.12 bits per heavy atom. The number of halogens is 2. The van der Waals surface area contributed by atoms with E-state index >= 15 is 0 Å². The number of pyridine rings is 1. The van der Waals surface area contributed by atoms with E-state index in [2.05, 4.69) is 21.8 Å². The molecule has 0 saturated carbocycles. The maximum atomic E-state index is 12.9. The number of nitrogens with zero attached hydrogens (tertiary/aromatic N) is 3. The Labute approximate surface area is 170 Å². The molecule has 5 nitrogen and oxygen atoms in total. The molecule has 0 spiro atoms. The molecule has 1 aliphatic heterocycles. The van der Waals surface area contributed by atoms with Crippen LogP contribution in [0.1, 0.15) is 25.3 Å². The summed E-state index contributed by atoms with van der Waals surface area (Å²) >= 11 is 0. The second-order valence-electron chi connectivity index (χ2n) is 6.43. The molecule has 1 aliphatic rings. The van der Waals surface area contributed by atoms with Crippen molar-refractivity contribution in [1.82, 2.24) is 9.88 Å². The number of benzene rings is 1. The van der Waals surface area contributed by atoms with Crippen molar-refractivity contribution in [3.05, 3.63) is 54.0 Å². The first-order chi connectivity index (χ1) is 12.1. The van der Waals surface area contributed by atoms with Gasteiger partial charge in [-0.25, -0.2) is 14.4 Å². The summed E-state index contributed by atoms with van der Waals surface area (Å²) in [6, 6.07) is 9.54. The summed E-state index contributed by atoms with van der Waals surface area (Å²) in [4.78, 5) is 10.8. The molecule has 1 aromatic heterocycles. The SMILES string of the molecule is CC1CCCN(C(N)=NCc2ccnc(Oc3ccc(F)cc3)c2)C1.I. The van der Waals surface area contributed by atoms with Crippen molar-refractivity contribution in [1.29, 1.82) is 0 Å². The maximum absolute atomic E-state index is 12.9. The summed E-state index contributed by atoms with van der Waals surface area (Å²) in [7, 11) is 0. The third-order valence-electron chi connectivity index (χ3n) is 4.24. The lowest BCUT2D eigenvalue weighted by atomic mass is 10.0. The van der Waals surface area contributed by atoms with E-state index in [0.29, 0.717) is 30.1 Å². The minimum absolute atomic E-state index is 0. The lowest BCUT2D eigenvalue weighted by Gasteiger charge is -2.31. The number of ether oxygens (including phenoxy) is 1. The van der Waals surface area contributed by atoms with Crippen LogP contribution in [0.4, 0.5) is 4.39 Å². The zero-order valence-corrected chi connectivity index (χ0v) is 17.1. The molecule has 26 heavy (non-hydrogen) atoms. The Bertz CT molecular complexity index is 739. The van der Waals surface area contributed by atoms with Crippen LogP contribution in [0.3, 0.4) is 0 Å². The van der Waals surface area contributed by atoms with Crippen molar-refractivity contribution in [3.8, 4) is 11.6 Å². The van der Waals surface area contributed by atoms with Crippen LogP contribution in [0, 0.1) is 11.7 Å². The predicted molar refractivity (Wildman–Crippen MR) is 111 cm³/mol. The van der Waals surface area contributed by atoms with Gasteiger partial charge in [-0.15, -0.1) is 24.0 Å². The number of nitrogens with two attached hydrogens (primary N) is 1. The topological polar surface area (TPSA) is 63.7 Å². The van der Waals surface area contributed by atoms with Crippen LogP contribution in [0.5, 0.6) is 11.6 Å². The van der Waals surface area contributed by atoms with E-state index in [1.54, 1.807) is 18.3 Å². The first-order valence-electron chi connectivity index (χ1n) is 8.53. The Kier molecular flexibility index (Phi) is 7.62. The van der Waals surface area contributed by atoms with Crippen molar-refractivity contribution in [2.24, 2.45) is 16.6 Å². The van der Waals surface area contributed by atoms with E-state index < -0.39 is 0 Å². The van der Waals surface area contributed by atoms with Gasteiger partial charge in [0, 0.05) is 25.4 Å². The first kappa shape index (κ1) is 20.4. The zero-order chi connectivity index (χ0) is 17.6. The van der Waals surface area contributed by atoms with E-state index in [1.807, 2.05) is 12.1 Å². The molecular weight excluding hydrogens is 446 g/mol. The van der Waals surface area contributed by atoms with Crippen LogP contribution in [-0.4, -0.2) is 28.9 Å². The second kappa shape index (κ2) is 9.70. The molecule has 7 heteroatoms. The summed E-state index contributed by atoms with van der Waals surface area (Å²) in [6.07, 6.45) is 4.07. The van der Waals surface area contributed by atoms with Gasteiger partial charge in [-0.1, -0.05) is 6.92 Å². The number of guanidine groups is 1. The lowest BCUT2D eigenvalue weighted by Crippen LogP contribution is -2.43. The van der Waals surface area contributed by atoms with Crippen LogP contribution < -0.4 is 10.5 Å². The maximum Gasteiger partial charge on any atom is 0.219 e. The number of piperidine rings is 1. The van der Waals surface area contributed by atoms with Gasteiger partial charge in [0.25, 0.3) is 0 Å². The molecule has 1 saturated heterocycles. The minimum Gasteiger partial charge on any atom is -0.439 e. The third kappa shape index (κ3) is 5.82. The standard InChI is InChI=1S/C19H23FN4O.HI/c1-14-3-2-10-24(13-14)19(21)23-12-15-8-9-22-18(11-15)25-17-6-4-16(20)5-7-17;/h4-9,11,14H,2-3,10,12-13H2,1H3,(H2,21,23);1H. The molecule has 0 radical (unpaired) electrons. The van der Waals surface area contributed by atoms with Crippen molar-refractivity contribution >= 4 is 29.9 Å². The van der Waals surface area contributed by atoms with Crippen LogP contribution in [0.15, 0.2) is 47.6 Å². The normalized spacial score (nSPS) is 17.5. The van der Waals surface area contributed by atoms with E-state index in [-0.39, 0.29) is 29.8 Å². The highest BCUT2D eigenvalue weighted by Gasteiger charge is 2.17. The van der Waals surface area contributed by atoms with Crippen LogP contribution in [-0.2, 0) is 6.54 Å². The quantitative estimate of drug-likeness (QED) is 0.414. The largest absolute Gasteiger partial charge is 0.439 e. The highest BCUT2D eigenvalue weighted by atomic mass is 127. The van der Waals surface area contributed by atoms with Crippen LogP contribution in [0.25, 0.3) is 0 Å². The molecule has 1 unspecified atom stereocenters. The van der Waals surface area contributed by atoms with Gasteiger partial charge in [0.1, 0.15) is 11.6 Å². The highest BCUT2D eigenvalue weighted by Crippen LogP contribution is 2.20. The van der Waals surface area contributed by atoms with Crippen molar-refractivity contribution < 1.29 is 9.13 Å². The molecule has 0 amide bonds. The van der Waals surface area contributed by atoms with Crippen LogP contribution >= 0.6 is 24.0 Å². The Balaban J connectivity index is 0.00000243. The number of hydrogen-bond acceptors (Lipinski definition) is 3. The number of aromatic nitrogens is 1. The molecule has 0 aliphatic carbocycles. The second-order valence-corrected chi connectivity index (χ2v) is 6.43. The average molecular weight is 470 g/mol. The summed E-state index contributed by atoms with van der Waals surface area (Å²) in [5, 5.41) is 0. The number of likely N-dealkylation sites (tertiary alicyclic amines) is 1. The molecule has 2 aromatic rings. The van der Waals surface area contributed by atoms with Crippen molar-refractivity contribution in [2.75, 3.05) is 13.1 Å². The molecule has 0 bridgehead atoms. The number of aliphatic imine (C=N–C) groups is 1. The van der Waals surface area contributed by atoms with Gasteiger partial charge in [-0.05, 0) is 54.7 Å². The summed E-state index contributed by atoms with van der Waals surface area (Å²) in [5.41, 5.74) is 7.09. The van der Waals surface area contributed by atoms with Gasteiger partial charge in [0.15, 0.2) is 5.96 Å². The predicted octanol–water partition coefficient (Wildman–Crippen LogP) is 4.18. The molecule has 2 heterocycles. The summed E-state index contributed by atoms with van der Waals surface area (Å²) in [5.74, 6) is 1.93. The number of rotatable bonds is 4.